The van der Waals surface area contributed by atoms with Gasteiger partial charge in [-0.15, -0.1) is 0 Å². The van der Waals surface area contributed by atoms with E-state index in [-0.39, 0.29) is 28.3 Å². The molecule has 27 heavy (non-hydrogen) atoms. The number of carbonyl (C=O) groups excluding carboxylic acids is 4. The van der Waals surface area contributed by atoms with Gasteiger partial charge in [-0.3, -0.25) is 14.9 Å². The zero-order valence-electron chi connectivity index (χ0n) is 14.0. The molecule has 0 aromatic heterocycles. The van der Waals surface area contributed by atoms with Crippen LogP contribution in [0.1, 0.15) is 38.0 Å². The molecule has 8 nitrogen and oxygen atoms in total. The normalized spacial score (nSPS) is 12.6. The molecular weight excluding hydrogens is 376 g/mol. The van der Waals surface area contributed by atoms with Crippen LogP contribution in [0.3, 0.4) is 0 Å². The second-order valence-electron chi connectivity index (χ2n) is 5.37. The molecule has 0 spiro atoms. The van der Waals surface area contributed by atoms with E-state index in [0.29, 0.717) is 10.8 Å². The van der Waals surface area contributed by atoms with Crippen LogP contribution in [0.5, 0.6) is 0 Å². The average Bonchev–Trinajstić information content (AvgIpc) is 2.87. The number of hydrogen-bond acceptors (Lipinski definition) is 6. The van der Waals surface area contributed by atoms with E-state index in [1.165, 1.54) is 30.3 Å². The number of carbonyl (C=O) groups is 4. The maximum atomic E-state index is 12.3. The highest BCUT2D eigenvalue weighted by atomic mass is 35.5. The number of anilines is 1. The summed E-state index contributed by atoms with van der Waals surface area (Å²) in [6.45, 7) is 1.86. The van der Waals surface area contributed by atoms with Gasteiger partial charge >= 0.3 is 12.1 Å². The fourth-order valence-electron chi connectivity index (χ4n) is 2.43. The van der Waals surface area contributed by atoms with Crippen LogP contribution in [0.2, 0.25) is 5.02 Å². The Morgan fingerprint density at radius 2 is 1.70 bits per heavy atom. The van der Waals surface area contributed by atoms with Gasteiger partial charge in [0.05, 0.1) is 28.3 Å². The van der Waals surface area contributed by atoms with Crippen LogP contribution in [0.15, 0.2) is 42.5 Å². The number of benzene rings is 2. The van der Waals surface area contributed by atoms with Gasteiger partial charge in [0.25, 0.3) is 11.8 Å². The van der Waals surface area contributed by atoms with Crippen molar-refractivity contribution in [2.75, 3.05) is 11.9 Å². The monoisotopic (exact) mass is 388 g/mol. The van der Waals surface area contributed by atoms with Crippen molar-refractivity contribution in [3.63, 3.8) is 0 Å². The van der Waals surface area contributed by atoms with Crippen molar-refractivity contribution in [2.45, 2.75) is 6.92 Å². The molecule has 1 aliphatic heterocycles. The summed E-state index contributed by atoms with van der Waals surface area (Å²) in [5.74, 6) is -2.46. The number of fused-ring (bicyclic) bond motifs is 1. The Hall–Kier alpha value is -3.39. The highest BCUT2D eigenvalue weighted by Crippen LogP contribution is 2.26. The lowest BCUT2D eigenvalue weighted by Gasteiger charge is -2.13. The van der Waals surface area contributed by atoms with E-state index >= 15 is 0 Å². The minimum atomic E-state index is -0.989. The molecule has 138 valence electrons. The minimum Gasteiger partial charge on any atom is -0.450 e. The molecule has 1 N–H and O–H groups in total. The third-order valence-corrected chi connectivity index (χ3v) is 3.95. The van der Waals surface area contributed by atoms with Crippen LogP contribution in [-0.4, -0.2) is 35.5 Å². The summed E-state index contributed by atoms with van der Waals surface area (Å²) in [5, 5.41) is 2.79. The molecule has 9 heteroatoms. The fourth-order valence-corrected chi connectivity index (χ4v) is 2.68. The first-order valence-electron chi connectivity index (χ1n) is 7.85. The molecule has 2 aromatic rings. The van der Waals surface area contributed by atoms with E-state index in [4.69, 9.17) is 21.2 Å². The predicted molar refractivity (Wildman–Crippen MR) is 94.5 cm³/mol. The van der Waals surface area contributed by atoms with Crippen LogP contribution >= 0.6 is 11.6 Å². The second kappa shape index (κ2) is 7.46. The Bertz CT molecular complexity index is 924. The van der Waals surface area contributed by atoms with Crippen molar-refractivity contribution in [1.29, 1.82) is 0 Å². The molecule has 0 unspecified atom stereocenters. The molecule has 0 saturated heterocycles. The molecule has 1 heterocycles. The molecule has 0 bridgehead atoms. The molecule has 1 aliphatic rings. The Kier molecular flexibility index (Phi) is 5.09. The average molecular weight is 389 g/mol. The van der Waals surface area contributed by atoms with Gasteiger partial charge in [0.2, 0.25) is 0 Å². The summed E-state index contributed by atoms with van der Waals surface area (Å²) in [6, 6.07) is 10.1. The molecule has 0 radical (unpaired) electrons. The standard InChI is InChI=1S/C18H13ClN2O6/c1-2-26-18(25)20-10-7-8-13(14(19)9-10)17(24)27-21-15(22)11-5-3-4-6-12(11)16(21)23/h3-9H,2H2,1H3,(H,20,25). The molecule has 3 amide bonds. The number of amides is 3. The maximum Gasteiger partial charge on any atom is 0.411 e. The molecule has 0 atom stereocenters. The summed E-state index contributed by atoms with van der Waals surface area (Å²) in [4.78, 5) is 53.1. The summed E-state index contributed by atoms with van der Waals surface area (Å²) in [7, 11) is 0. The van der Waals surface area contributed by atoms with E-state index in [2.05, 4.69) is 5.32 Å². The van der Waals surface area contributed by atoms with Crippen molar-refractivity contribution in [1.82, 2.24) is 5.06 Å². The highest BCUT2D eigenvalue weighted by molar-refractivity contribution is 6.34. The summed E-state index contributed by atoms with van der Waals surface area (Å²) in [5.41, 5.74) is 0.518. The second-order valence-corrected chi connectivity index (χ2v) is 5.78. The number of halogens is 1. The van der Waals surface area contributed by atoms with E-state index in [1.54, 1.807) is 19.1 Å². The largest absolute Gasteiger partial charge is 0.450 e. The van der Waals surface area contributed by atoms with Crippen LogP contribution < -0.4 is 5.32 Å². The molecule has 0 aliphatic carbocycles. The Balaban J connectivity index is 1.75. The SMILES string of the molecule is CCOC(=O)Nc1ccc(C(=O)ON2C(=O)c3ccccc3C2=O)c(Cl)c1. The van der Waals surface area contributed by atoms with Crippen molar-refractivity contribution < 1.29 is 28.8 Å². The number of imide groups is 1. The van der Waals surface area contributed by atoms with Gasteiger partial charge in [0.1, 0.15) is 0 Å². The topological polar surface area (TPSA) is 102 Å². The van der Waals surface area contributed by atoms with Crippen LogP contribution in [0, 0.1) is 0 Å². The first kappa shape index (κ1) is 18.4. The van der Waals surface area contributed by atoms with E-state index in [9.17, 15) is 19.2 Å². The minimum absolute atomic E-state index is 0.0362. The summed E-state index contributed by atoms with van der Waals surface area (Å²) in [6.07, 6.45) is -0.671. The maximum absolute atomic E-state index is 12.3. The van der Waals surface area contributed by atoms with Gasteiger partial charge in [0, 0.05) is 5.69 Å². The first-order chi connectivity index (χ1) is 12.9. The Labute approximate surface area is 158 Å². The number of nitrogens with zero attached hydrogens (tertiary/aromatic N) is 1. The third kappa shape index (κ3) is 3.61. The lowest BCUT2D eigenvalue weighted by Crippen LogP contribution is -2.32. The predicted octanol–water partition coefficient (Wildman–Crippen LogP) is 3.28. The lowest BCUT2D eigenvalue weighted by atomic mass is 10.1. The van der Waals surface area contributed by atoms with Crippen LogP contribution in [0.25, 0.3) is 0 Å². The van der Waals surface area contributed by atoms with E-state index < -0.39 is 23.9 Å². The summed E-state index contributed by atoms with van der Waals surface area (Å²) < 4.78 is 4.74. The molecular formula is C18H13ClN2O6. The van der Waals surface area contributed by atoms with Gasteiger partial charge in [-0.25, -0.2) is 9.59 Å². The molecule has 0 saturated carbocycles. The first-order valence-corrected chi connectivity index (χ1v) is 8.23. The zero-order chi connectivity index (χ0) is 19.6. The zero-order valence-corrected chi connectivity index (χ0v) is 14.8. The van der Waals surface area contributed by atoms with Crippen molar-refractivity contribution in [2.24, 2.45) is 0 Å². The lowest BCUT2D eigenvalue weighted by molar-refractivity contribution is -0.0584. The Morgan fingerprint density at radius 1 is 1.07 bits per heavy atom. The molecule has 3 rings (SSSR count). The van der Waals surface area contributed by atoms with Gasteiger partial charge in [-0.05, 0) is 37.3 Å². The third-order valence-electron chi connectivity index (χ3n) is 3.64. The van der Waals surface area contributed by atoms with Crippen LogP contribution in [0.4, 0.5) is 10.5 Å². The van der Waals surface area contributed by atoms with Crippen molar-refractivity contribution in [3.05, 3.63) is 64.2 Å². The van der Waals surface area contributed by atoms with Crippen LogP contribution in [-0.2, 0) is 9.57 Å². The van der Waals surface area contributed by atoms with E-state index in [1.807, 2.05) is 0 Å². The summed E-state index contributed by atoms with van der Waals surface area (Å²) >= 11 is 6.05. The quantitative estimate of drug-likeness (QED) is 0.806. The number of ether oxygens (including phenoxy) is 1. The van der Waals surface area contributed by atoms with Crippen molar-refractivity contribution >= 4 is 41.2 Å². The molecule has 0 fully saturated rings. The highest BCUT2D eigenvalue weighted by Gasteiger charge is 2.39. The number of hydrogen-bond donors (Lipinski definition) is 1. The number of rotatable bonds is 4. The van der Waals surface area contributed by atoms with Gasteiger partial charge in [-0.2, -0.15) is 0 Å². The number of hydroxylamine groups is 2. The van der Waals surface area contributed by atoms with Crippen molar-refractivity contribution in [3.8, 4) is 0 Å². The van der Waals surface area contributed by atoms with Gasteiger partial charge in [-0.1, -0.05) is 28.8 Å². The fraction of sp³-hybridized carbons (Fsp3) is 0.111. The molecule has 2 aromatic carbocycles. The van der Waals surface area contributed by atoms with Gasteiger partial charge < -0.3 is 9.57 Å². The number of nitrogens with one attached hydrogen (secondary N) is 1. The Morgan fingerprint density at radius 3 is 2.26 bits per heavy atom. The van der Waals surface area contributed by atoms with E-state index in [0.717, 1.165) is 0 Å². The van der Waals surface area contributed by atoms with Gasteiger partial charge in [0.15, 0.2) is 0 Å². The smallest absolute Gasteiger partial charge is 0.411 e.